The van der Waals surface area contributed by atoms with Gasteiger partial charge in [-0.3, -0.25) is 19.5 Å². The molecule has 3 aromatic rings. The Hall–Kier alpha value is -3.51. The van der Waals surface area contributed by atoms with E-state index in [1.807, 2.05) is 0 Å². The Balaban J connectivity index is 1.65. The van der Waals surface area contributed by atoms with E-state index in [1.54, 1.807) is 35.4 Å². The van der Waals surface area contributed by atoms with Gasteiger partial charge in [0.2, 0.25) is 0 Å². The van der Waals surface area contributed by atoms with E-state index in [-0.39, 0.29) is 23.8 Å². The summed E-state index contributed by atoms with van der Waals surface area (Å²) in [6, 6.07) is 6.50. The van der Waals surface area contributed by atoms with Crippen LogP contribution in [0, 0.1) is 5.82 Å². The van der Waals surface area contributed by atoms with Crippen molar-refractivity contribution in [2.24, 2.45) is 10.7 Å². The van der Waals surface area contributed by atoms with Gasteiger partial charge in [-0.15, -0.1) is 5.10 Å². The number of Topliss-reactive ketones (excluding diaryl/α,β-unsaturated/α-hetero) is 1. The number of pyridine rings is 1. The molecular formula is C24H25ClFN7O3. The number of halogens is 2. The van der Waals surface area contributed by atoms with Gasteiger partial charge in [-0.1, -0.05) is 22.9 Å². The Labute approximate surface area is 211 Å². The SMILES string of the molecule is NCCCn1cc(COCC2=C(C(=O)CO)C(c3ccc(F)cc3Cl)N=C(c3ccncc3)N2)nn1. The van der Waals surface area contributed by atoms with Crippen molar-refractivity contribution in [1.82, 2.24) is 25.3 Å². The molecule has 0 saturated heterocycles. The van der Waals surface area contributed by atoms with Gasteiger partial charge in [0.25, 0.3) is 0 Å². The molecule has 36 heavy (non-hydrogen) atoms. The van der Waals surface area contributed by atoms with Crippen molar-refractivity contribution < 1.29 is 19.0 Å². The number of ether oxygens (including phenoxy) is 1. The normalized spacial score (nSPS) is 15.6. The fraction of sp³-hybridized carbons (Fsp3) is 0.292. The molecule has 0 aliphatic carbocycles. The van der Waals surface area contributed by atoms with Gasteiger partial charge >= 0.3 is 0 Å². The van der Waals surface area contributed by atoms with E-state index in [4.69, 9.17) is 27.1 Å². The molecular weight excluding hydrogens is 489 g/mol. The maximum atomic E-state index is 13.8. The molecule has 1 aliphatic heterocycles. The number of aliphatic hydroxyl groups is 1. The van der Waals surface area contributed by atoms with Crippen molar-refractivity contribution in [3.05, 3.63) is 87.9 Å². The van der Waals surface area contributed by atoms with Crippen LogP contribution in [0.4, 0.5) is 4.39 Å². The van der Waals surface area contributed by atoms with Crippen LogP contribution in [0.1, 0.15) is 29.3 Å². The molecule has 1 aliphatic rings. The number of carbonyl (C=O) groups is 1. The molecule has 3 heterocycles. The summed E-state index contributed by atoms with van der Waals surface area (Å²) in [7, 11) is 0. The van der Waals surface area contributed by atoms with Crippen LogP contribution in [0.15, 0.2) is 65.2 Å². The second-order valence-corrected chi connectivity index (χ2v) is 8.40. The van der Waals surface area contributed by atoms with Gasteiger partial charge in [0.1, 0.15) is 30.0 Å². The zero-order valence-corrected chi connectivity index (χ0v) is 20.0. The lowest BCUT2D eigenvalue weighted by molar-refractivity contribution is -0.118. The predicted octanol–water partition coefficient (Wildman–Crippen LogP) is 1.94. The largest absolute Gasteiger partial charge is 0.388 e. The highest BCUT2D eigenvalue weighted by atomic mass is 35.5. The minimum atomic E-state index is -0.891. The first-order valence-electron chi connectivity index (χ1n) is 11.2. The van der Waals surface area contributed by atoms with Crippen LogP contribution < -0.4 is 11.1 Å². The van der Waals surface area contributed by atoms with Crippen molar-refractivity contribution in [2.75, 3.05) is 19.8 Å². The van der Waals surface area contributed by atoms with Crippen molar-refractivity contribution in [1.29, 1.82) is 0 Å². The number of carbonyl (C=O) groups excluding carboxylic acids is 1. The first-order valence-corrected chi connectivity index (χ1v) is 11.6. The number of amidine groups is 1. The molecule has 10 nitrogen and oxygen atoms in total. The molecule has 1 atom stereocenters. The first kappa shape index (κ1) is 25.6. The van der Waals surface area contributed by atoms with E-state index in [9.17, 15) is 14.3 Å². The van der Waals surface area contributed by atoms with Crippen LogP contribution in [-0.4, -0.2) is 56.5 Å². The average molecular weight is 514 g/mol. The lowest BCUT2D eigenvalue weighted by Crippen LogP contribution is -2.36. The Kier molecular flexibility index (Phi) is 8.49. The van der Waals surface area contributed by atoms with Crippen molar-refractivity contribution in [3.63, 3.8) is 0 Å². The van der Waals surface area contributed by atoms with Gasteiger partial charge in [0.05, 0.1) is 25.1 Å². The third-order valence-corrected chi connectivity index (χ3v) is 5.78. The van der Waals surface area contributed by atoms with Crippen LogP contribution in [0.5, 0.6) is 0 Å². The Morgan fingerprint density at radius 2 is 2.06 bits per heavy atom. The lowest BCUT2D eigenvalue weighted by Gasteiger charge is -2.28. The predicted molar refractivity (Wildman–Crippen MR) is 131 cm³/mol. The highest BCUT2D eigenvalue weighted by molar-refractivity contribution is 6.31. The second-order valence-electron chi connectivity index (χ2n) is 7.99. The van der Waals surface area contributed by atoms with Crippen molar-refractivity contribution in [2.45, 2.75) is 25.6 Å². The van der Waals surface area contributed by atoms with E-state index in [0.29, 0.717) is 41.4 Å². The second kappa shape index (κ2) is 12.0. The number of nitrogens with one attached hydrogen (secondary N) is 1. The monoisotopic (exact) mass is 513 g/mol. The fourth-order valence-electron chi connectivity index (χ4n) is 3.75. The molecule has 0 spiro atoms. The quantitative estimate of drug-likeness (QED) is 0.353. The highest BCUT2D eigenvalue weighted by Gasteiger charge is 2.32. The average Bonchev–Trinajstić information content (AvgIpc) is 3.34. The van der Waals surface area contributed by atoms with E-state index < -0.39 is 24.2 Å². The van der Waals surface area contributed by atoms with Crippen LogP contribution in [0.3, 0.4) is 0 Å². The number of hydrogen-bond donors (Lipinski definition) is 3. The molecule has 1 unspecified atom stereocenters. The maximum absolute atomic E-state index is 13.8. The Morgan fingerprint density at radius 1 is 1.25 bits per heavy atom. The molecule has 0 amide bonds. The number of ketones is 1. The topological polar surface area (TPSA) is 141 Å². The fourth-order valence-corrected chi connectivity index (χ4v) is 4.02. The van der Waals surface area contributed by atoms with Gasteiger partial charge in [-0.2, -0.15) is 0 Å². The Morgan fingerprint density at radius 3 is 2.78 bits per heavy atom. The molecule has 2 aromatic heterocycles. The number of rotatable bonds is 11. The van der Waals surface area contributed by atoms with Crippen molar-refractivity contribution >= 4 is 23.2 Å². The molecule has 4 rings (SSSR count). The number of aliphatic imine (C=N–C) groups is 1. The summed E-state index contributed by atoms with van der Waals surface area (Å²) < 4.78 is 21.3. The van der Waals surface area contributed by atoms with Gasteiger partial charge in [-0.25, -0.2) is 4.39 Å². The van der Waals surface area contributed by atoms with Gasteiger partial charge in [0, 0.05) is 40.7 Å². The number of aromatic nitrogens is 4. The Bertz CT molecular complexity index is 1280. The molecule has 0 fully saturated rings. The summed E-state index contributed by atoms with van der Waals surface area (Å²) in [5, 5.41) is 21.1. The zero-order valence-electron chi connectivity index (χ0n) is 19.3. The summed E-state index contributed by atoms with van der Waals surface area (Å²) in [5.74, 6) is -0.626. The molecule has 4 N–H and O–H groups in total. The summed E-state index contributed by atoms with van der Waals surface area (Å²) in [4.78, 5) is 21.6. The van der Waals surface area contributed by atoms with Crippen LogP contribution >= 0.6 is 11.6 Å². The van der Waals surface area contributed by atoms with Crippen LogP contribution in [0.2, 0.25) is 5.02 Å². The molecule has 0 radical (unpaired) electrons. The molecule has 12 heteroatoms. The molecule has 188 valence electrons. The number of hydrogen-bond acceptors (Lipinski definition) is 9. The number of benzene rings is 1. The smallest absolute Gasteiger partial charge is 0.188 e. The van der Waals surface area contributed by atoms with Gasteiger partial charge in [0.15, 0.2) is 5.78 Å². The number of aryl methyl sites for hydroxylation is 1. The third-order valence-electron chi connectivity index (χ3n) is 5.45. The molecule has 0 saturated carbocycles. The third kappa shape index (κ3) is 6.00. The maximum Gasteiger partial charge on any atom is 0.188 e. The number of aliphatic hydroxyl groups excluding tert-OH is 1. The van der Waals surface area contributed by atoms with Gasteiger partial charge in [-0.05, 0) is 37.2 Å². The van der Waals surface area contributed by atoms with E-state index in [1.165, 1.54) is 12.1 Å². The van der Waals surface area contributed by atoms with Crippen LogP contribution in [0.25, 0.3) is 0 Å². The summed E-state index contributed by atoms with van der Waals surface area (Å²) in [5.41, 5.74) is 7.85. The first-order chi connectivity index (χ1) is 17.5. The van der Waals surface area contributed by atoms with Crippen molar-refractivity contribution in [3.8, 4) is 0 Å². The summed E-state index contributed by atoms with van der Waals surface area (Å²) in [6.07, 6.45) is 5.77. The number of nitrogens with zero attached hydrogens (tertiary/aromatic N) is 5. The van der Waals surface area contributed by atoms with E-state index >= 15 is 0 Å². The number of nitrogens with two attached hydrogens (primary N) is 1. The standard InChI is InChI=1S/C24H25ClFN7O3/c25-19-10-16(26)2-3-18(19)23-22(21(35)12-34)20(29-24(30-23)15-4-7-28-8-5-15)14-36-13-17-11-33(32-31-17)9-1-6-27/h2-5,7-8,10-11,23,34H,1,6,9,12-14,27H2,(H,29,30). The summed E-state index contributed by atoms with van der Waals surface area (Å²) in [6.45, 7) is 0.574. The van der Waals surface area contributed by atoms with Gasteiger partial charge < -0.3 is 20.9 Å². The molecule has 0 bridgehead atoms. The van der Waals surface area contributed by atoms with E-state index in [0.717, 1.165) is 12.5 Å². The minimum Gasteiger partial charge on any atom is -0.388 e. The highest BCUT2D eigenvalue weighted by Crippen LogP contribution is 2.36. The minimum absolute atomic E-state index is 0.0177. The molecule has 1 aromatic carbocycles. The lowest BCUT2D eigenvalue weighted by atomic mass is 9.92. The van der Waals surface area contributed by atoms with E-state index in [2.05, 4.69) is 20.6 Å². The van der Waals surface area contributed by atoms with Crippen LogP contribution in [-0.2, 0) is 22.7 Å². The zero-order chi connectivity index (χ0) is 25.5. The summed E-state index contributed by atoms with van der Waals surface area (Å²) >= 11 is 6.35.